The Morgan fingerprint density at radius 2 is 1.88 bits per heavy atom. The minimum atomic E-state index is -0.610. The molecule has 1 N–H and O–H groups in total. The number of alkyl carbamates (subject to hydrolysis) is 1. The molecule has 1 aromatic rings. The van der Waals surface area contributed by atoms with Gasteiger partial charge in [-0.3, -0.25) is 4.79 Å². The molecule has 0 bridgehead atoms. The van der Waals surface area contributed by atoms with E-state index in [1.165, 1.54) is 0 Å². The van der Waals surface area contributed by atoms with E-state index >= 15 is 0 Å². The van der Waals surface area contributed by atoms with Gasteiger partial charge >= 0.3 is 6.09 Å². The topological polar surface area (TPSA) is 67.9 Å². The maximum atomic E-state index is 12.5. The summed E-state index contributed by atoms with van der Waals surface area (Å²) in [5, 5.41) is 3.28. The summed E-state index contributed by atoms with van der Waals surface area (Å²) in [5.41, 5.74) is 0. The molecule has 7 heteroatoms. The molecule has 0 heterocycles. The molecule has 0 aliphatic heterocycles. The van der Waals surface area contributed by atoms with Crippen molar-refractivity contribution in [2.45, 2.75) is 33.2 Å². The van der Waals surface area contributed by atoms with E-state index in [0.29, 0.717) is 24.6 Å². The predicted octanol–water partition coefficient (Wildman–Crippen LogP) is 3.34. The molecular formula is C18H27ClN2O4. The van der Waals surface area contributed by atoms with Gasteiger partial charge in [-0.1, -0.05) is 25.4 Å². The van der Waals surface area contributed by atoms with E-state index < -0.39 is 12.1 Å². The molecule has 25 heavy (non-hydrogen) atoms. The van der Waals surface area contributed by atoms with Gasteiger partial charge in [0, 0.05) is 18.6 Å². The first kappa shape index (κ1) is 21.1. The van der Waals surface area contributed by atoms with Crippen molar-refractivity contribution in [1.82, 2.24) is 10.2 Å². The summed E-state index contributed by atoms with van der Waals surface area (Å²) in [7, 11) is 1.72. The molecule has 0 radical (unpaired) electrons. The number of amides is 2. The molecule has 0 aromatic heterocycles. The van der Waals surface area contributed by atoms with E-state index in [0.717, 1.165) is 5.75 Å². The summed E-state index contributed by atoms with van der Waals surface area (Å²) in [6.07, 6.45) is 0.101. The molecule has 1 atom stereocenters. The molecular weight excluding hydrogens is 344 g/mol. The van der Waals surface area contributed by atoms with E-state index in [4.69, 9.17) is 21.1 Å². The second-order valence-electron chi connectivity index (χ2n) is 6.00. The highest BCUT2D eigenvalue weighted by Gasteiger charge is 2.27. The fourth-order valence-corrected chi connectivity index (χ4v) is 2.31. The van der Waals surface area contributed by atoms with Crippen LogP contribution in [-0.4, -0.2) is 49.7 Å². The van der Waals surface area contributed by atoms with Crippen molar-refractivity contribution in [3.8, 4) is 5.75 Å². The van der Waals surface area contributed by atoms with Crippen LogP contribution in [0.4, 0.5) is 4.79 Å². The maximum absolute atomic E-state index is 12.5. The van der Waals surface area contributed by atoms with Crippen LogP contribution in [0.25, 0.3) is 0 Å². The largest absolute Gasteiger partial charge is 0.494 e. The fourth-order valence-electron chi connectivity index (χ4n) is 2.18. The molecule has 0 saturated carbocycles. The number of hydrogen-bond donors (Lipinski definition) is 1. The van der Waals surface area contributed by atoms with Gasteiger partial charge in [-0.2, -0.15) is 0 Å². The van der Waals surface area contributed by atoms with Crippen LogP contribution in [0.1, 0.15) is 27.2 Å². The summed E-state index contributed by atoms with van der Waals surface area (Å²) in [6.45, 7) is 6.76. The highest BCUT2D eigenvalue weighted by atomic mass is 35.5. The Labute approximate surface area is 154 Å². The zero-order chi connectivity index (χ0) is 18.8. The predicted molar refractivity (Wildman–Crippen MR) is 98.0 cm³/mol. The summed E-state index contributed by atoms with van der Waals surface area (Å²) >= 11 is 5.82. The molecule has 0 aliphatic rings. The highest BCUT2D eigenvalue weighted by Crippen LogP contribution is 2.15. The van der Waals surface area contributed by atoms with Gasteiger partial charge in [0.25, 0.3) is 0 Å². The Morgan fingerprint density at radius 1 is 1.24 bits per heavy atom. The second-order valence-corrected chi connectivity index (χ2v) is 6.44. The van der Waals surface area contributed by atoms with Gasteiger partial charge in [0.2, 0.25) is 5.91 Å². The molecule has 1 aromatic carbocycles. The average molecular weight is 371 g/mol. The number of nitrogens with one attached hydrogen (secondary N) is 1. The fraction of sp³-hybridized carbons (Fsp3) is 0.556. The number of ether oxygens (including phenoxy) is 2. The number of carbonyl (C=O) groups excluding carboxylic acids is 2. The minimum absolute atomic E-state index is 0.0373. The lowest BCUT2D eigenvalue weighted by Crippen LogP contribution is -2.50. The second kappa shape index (κ2) is 10.8. The normalized spacial score (nSPS) is 11.8. The summed E-state index contributed by atoms with van der Waals surface area (Å²) in [6, 6.07) is 6.52. The van der Waals surface area contributed by atoms with Crippen molar-refractivity contribution in [1.29, 1.82) is 0 Å². The van der Waals surface area contributed by atoms with Gasteiger partial charge < -0.3 is 19.7 Å². The van der Waals surface area contributed by atoms with Crippen molar-refractivity contribution < 1.29 is 19.1 Å². The van der Waals surface area contributed by atoms with Gasteiger partial charge in [-0.15, -0.1) is 0 Å². The smallest absolute Gasteiger partial charge is 0.407 e. The Hall–Kier alpha value is -1.95. The number of hydrogen-bond acceptors (Lipinski definition) is 4. The maximum Gasteiger partial charge on any atom is 0.407 e. The number of likely N-dealkylation sites (N-methyl/N-ethyl adjacent to an activating group) is 1. The molecule has 2 amide bonds. The average Bonchev–Trinajstić information content (AvgIpc) is 2.57. The van der Waals surface area contributed by atoms with Gasteiger partial charge in [0.1, 0.15) is 11.8 Å². The first-order chi connectivity index (χ1) is 11.8. The lowest BCUT2D eigenvalue weighted by atomic mass is 10.0. The molecule has 6 nitrogen and oxygen atoms in total. The molecule has 0 spiro atoms. The Balaban J connectivity index is 2.42. The van der Waals surface area contributed by atoms with Gasteiger partial charge in [0.05, 0.1) is 13.2 Å². The quantitative estimate of drug-likeness (QED) is 0.677. The monoisotopic (exact) mass is 370 g/mol. The van der Waals surface area contributed by atoms with Crippen LogP contribution in [-0.2, 0) is 9.53 Å². The van der Waals surface area contributed by atoms with Crippen molar-refractivity contribution in [3.63, 3.8) is 0 Å². The van der Waals surface area contributed by atoms with Crippen LogP contribution in [0.3, 0.4) is 0 Å². The number of halogens is 1. The Bertz CT molecular complexity index is 549. The molecule has 0 saturated heterocycles. The standard InChI is InChI=1S/C18H27ClN2O4/c1-5-24-18(23)20-16(13(2)3)17(22)21(4)11-6-12-25-15-9-7-14(19)8-10-15/h7-10,13,16H,5-6,11-12H2,1-4H3,(H,20,23). The summed E-state index contributed by atoms with van der Waals surface area (Å²) in [4.78, 5) is 25.7. The van der Waals surface area contributed by atoms with Crippen molar-refractivity contribution in [3.05, 3.63) is 29.3 Å². The van der Waals surface area contributed by atoms with E-state index in [1.807, 2.05) is 13.8 Å². The van der Waals surface area contributed by atoms with Crippen LogP contribution >= 0.6 is 11.6 Å². The molecule has 1 rings (SSSR count). The first-order valence-electron chi connectivity index (χ1n) is 8.41. The summed E-state index contributed by atoms with van der Waals surface area (Å²) in [5.74, 6) is 0.557. The summed E-state index contributed by atoms with van der Waals surface area (Å²) < 4.78 is 10.5. The van der Waals surface area contributed by atoms with Crippen LogP contribution in [0, 0.1) is 5.92 Å². The van der Waals surface area contributed by atoms with Gasteiger partial charge in [-0.05, 0) is 43.5 Å². The van der Waals surface area contributed by atoms with E-state index in [1.54, 1.807) is 43.1 Å². The lowest BCUT2D eigenvalue weighted by Gasteiger charge is -2.26. The zero-order valence-corrected chi connectivity index (χ0v) is 16.0. The lowest BCUT2D eigenvalue weighted by molar-refractivity contribution is -0.133. The first-order valence-corrected chi connectivity index (χ1v) is 8.79. The van der Waals surface area contributed by atoms with Crippen molar-refractivity contribution in [2.75, 3.05) is 26.8 Å². The van der Waals surface area contributed by atoms with Crippen LogP contribution in [0.15, 0.2) is 24.3 Å². The third-order valence-electron chi connectivity index (χ3n) is 3.58. The number of rotatable bonds is 9. The number of nitrogens with zero attached hydrogens (tertiary/aromatic N) is 1. The molecule has 1 unspecified atom stereocenters. The zero-order valence-electron chi connectivity index (χ0n) is 15.3. The third kappa shape index (κ3) is 7.65. The van der Waals surface area contributed by atoms with Crippen LogP contribution in [0.5, 0.6) is 5.75 Å². The molecule has 0 fully saturated rings. The Kier molecular flexibility index (Phi) is 9.13. The van der Waals surface area contributed by atoms with Crippen molar-refractivity contribution >= 4 is 23.6 Å². The van der Waals surface area contributed by atoms with Gasteiger partial charge in [-0.25, -0.2) is 4.79 Å². The van der Waals surface area contributed by atoms with Crippen LogP contribution < -0.4 is 10.1 Å². The SMILES string of the molecule is CCOC(=O)NC(C(=O)N(C)CCCOc1ccc(Cl)cc1)C(C)C. The van der Waals surface area contributed by atoms with E-state index in [-0.39, 0.29) is 18.4 Å². The number of carbonyl (C=O) groups is 2. The molecule has 140 valence electrons. The highest BCUT2D eigenvalue weighted by molar-refractivity contribution is 6.30. The van der Waals surface area contributed by atoms with E-state index in [9.17, 15) is 9.59 Å². The van der Waals surface area contributed by atoms with Crippen LogP contribution in [0.2, 0.25) is 5.02 Å². The molecule has 0 aliphatic carbocycles. The van der Waals surface area contributed by atoms with E-state index in [2.05, 4.69) is 5.32 Å². The Morgan fingerprint density at radius 3 is 2.44 bits per heavy atom. The minimum Gasteiger partial charge on any atom is -0.494 e. The van der Waals surface area contributed by atoms with Gasteiger partial charge in [0.15, 0.2) is 0 Å². The third-order valence-corrected chi connectivity index (χ3v) is 3.83. The number of benzene rings is 1. The van der Waals surface area contributed by atoms with Crippen molar-refractivity contribution in [2.24, 2.45) is 5.92 Å².